The van der Waals surface area contributed by atoms with E-state index in [1.165, 1.54) is 0 Å². The third kappa shape index (κ3) is 13.0. The number of alkyl carbamates (subject to hydrolysis) is 1. The minimum atomic E-state index is -0.553. The Kier molecular flexibility index (Phi) is 9.16. The molecule has 0 unspecified atom stereocenters. The average Bonchev–Trinajstić information content (AvgIpc) is 2.32. The van der Waals surface area contributed by atoms with Gasteiger partial charge in [0, 0.05) is 32.5 Å². The molecule has 0 aliphatic carbocycles. The van der Waals surface area contributed by atoms with E-state index in [-0.39, 0.29) is 24.8 Å². The van der Waals surface area contributed by atoms with Crippen molar-refractivity contribution in [1.29, 1.82) is 0 Å². The van der Waals surface area contributed by atoms with Gasteiger partial charge in [0.15, 0.2) is 0 Å². The maximum atomic E-state index is 11.5. The lowest BCUT2D eigenvalue weighted by Gasteiger charge is -2.19. The number of hydrogen-bond acceptors (Lipinski definition) is 4. The SMILES string of the molecule is CCCC(=O)NCCNC(=O)CCNC(=O)OC(C)(C)C. The van der Waals surface area contributed by atoms with E-state index in [2.05, 4.69) is 16.0 Å². The Morgan fingerprint density at radius 3 is 1.86 bits per heavy atom. The molecule has 0 spiro atoms. The quantitative estimate of drug-likeness (QED) is 0.581. The molecule has 0 aliphatic heterocycles. The highest BCUT2D eigenvalue weighted by molar-refractivity contribution is 5.77. The number of rotatable bonds is 8. The van der Waals surface area contributed by atoms with Gasteiger partial charge in [-0.3, -0.25) is 9.59 Å². The molecule has 3 N–H and O–H groups in total. The van der Waals surface area contributed by atoms with E-state index in [0.29, 0.717) is 19.5 Å². The van der Waals surface area contributed by atoms with Crippen molar-refractivity contribution in [3.8, 4) is 0 Å². The average molecular weight is 301 g/mol. The van der Waals surface area contributed by atoms with Gasteiger partial charge in [0.2, 0.25) is 11.8 Å². The predicted molar refractivity (Wildman–Crippen MR) is 79.8 cm³/mol. The number of nitrogens with one attached hydrogen (secondary N) is 3. The van der Waals surface area contributed by atoms with Crippen LogP contribution in [0.5, 0.6) is 0 Å². The minimum absolute atomic E-state index is 0.0154. The van der Waals surface area contributed by atoms with Gasteiger partial charge in [0.05, 0.1) is 0 Å². The van der Waals surface area contributed by atoms with Crippen molar-refractivity contribution in [2.75, 3.05) is 19.6 Å². The lowest BCUT2D eigenvalue weighted by Crippen LogP contribution is -2.37. The van der Waals surface area contributed by atoms with Gasteiger partial charge in [0.1, 0.15) is 5.60 Å². The van der Waals surface area contributed by atoms with Crippen molar-refractivity contribution in [3.05, 3.63) is 0 Å². The molecule has 0 aromatic carbocycles. The molecule has 0 radical (unpaired) electrons. The highest BCUT2D eigenvalue weighted by Crippen LogP contribution is 2.06. The van der Waals surface area contributed by atoms with Crippen LogP contribution in [0.4, 0.5) is 4.79 Å². The second-order valence-corrected chi connectivity index (χ2v) is 5.63. The van der Waals surface area contributed by atoms with Crippen LogP contribution in [0.1, 0.15) is 47.0 Å². The monoisotopic (exact) mass is 301 g/mol. The third-order valence-electron chi connectivity index (χ3n) is 2.27. The Balaban J connectivity index is 3.59. The van der Waals surface area contributed by atoms with E-state index in [1.54, 1.807) is 20.8 Å². The maximum Gasteiger partial charge on any atom is 0.407 e. The molecule has 0 saturated heterocycles. The van der Waals surface area contributed by atoms with Gasteiger partial charge in [0.25, 0.3) is 0 Å². The molecule has 7 heteroatoms. The highest BCUT2D eigenvalue weighted by atomic mass is 16.6. The van der Waals surface area contributed by atoms with Crippen LogP contribution in [-0.2, 0) is 14.3 Å². The summed E-state index contributed by atoms with van der Waals surface area (Å²) in [5, 5.41) is 7.86. The largest absolute Gasteiger partial charge is 0.444 e. The minimum Gasteiger partial charge on any atom is -0.444 e. The summed E-state index contributed by atoms with van der Waals surface area (Å²) in [6.07, 6.45) is 0.923. The molecule has 0 aliphatic rings. The van der Waals surface area contributed by atoms with Crippen molar-refractivity contribution >= 4 is 17.9 Å². The Morgan fingerprint density at radius 2 is 1.38 bits per heavy atom. The number of carbonyl (C=O) groups is 3. The van der Waals surface area contributed by atoms with Crippen molar-refractivity contribution in [2.24, 2.45) is 0 Å². The van der Waals surface area contributed by atoms with Crippen LogP contribution in [0.3, 0.4) is 0 Å². The van der Waals surface area contributed by atoms with Gasteiger partial charge < -0.3 is 20.7 Å². The molecule has 0 heterocycles. The molecule has 21 heavy (non-hydrogen) atoms. The van der Waals surface area contributed by atoms with Crippen LogP contribution >= 0.6 is 0 Å². The van der Waals surface area contributed by atoms with Gasteiger partial charge in [-0.25, -0.2) is 4.79 Å². The number of ether oxygens (including phenoxy) is 1. The molecular formula is C14H27N3O4. The fourth-order valence-electron chi connectivity index (χ4n) is 1.40. The van der Waals surface area contributed by atoms with E-state index >= 15 is 0 Å². The van der Waals surface area contributed by atoms with Crippen LogP contribution in [0, 0.1) is 0 Å². The van der Waals surface area contributed by atoms with Crippen LogP contribution in [-0.4, -0.2) is 43.1 Å². The van der Waals surface area contributed by atoms with E-state index in [9.17, 15) is 14.4 Å². The molecule has 0 bridgehead atoms. The van der Waals surface area contributed by atoms with Gasteiger partial charge in [-0.1, -0.05) is 6.92 Å². The summed E-state index contributed by atoms with van der Waals surface area (Å²) in [6, 6.07) is 0. The number of amides is 3. The molecule has 0 aromatic heterocycles. The van der Waals surface area contributed by atoms with Gasteiger partial charge in [-0.05, 0) is 27.2 Å². The molecule has 0 aromatic rings. The first-order valence-corrected chi connectivity index (χ1v) is 7.25. The topological polar surface area (TPSA) is 96.5 Å². The molecule has 7 nitrogen and oxygen atoms in total. The third-order valence-corrected chi connectivity index (χ3v) is 2.27. The fourth-order valence-corrected chi connectivity index (χ4v) is 1.40. The molecule has 0 atom stereocenters. The molecule has 0 saturated carbocycles. The summed E-state index contributed by atoms with van der Waals surface area (Å²) >= 11 is 0. The van der Waals surface area contributed by atoms with Gasteiger partial charge in [-0.2, -0.15) is 0 Å². The van der Waals surface area contributed by atoms with Crippen LogP contribution in [0.25, 0.3) is 0 Å². The number of carbonyl (C=O) groups excluding carboxylic acids is 3. The van der Waals surface area contributed by atoms with Crippen LogP contribution in [0.2, 0.25) is 0 Å². The van der Waals surface area contributed by atoms with Gasteiger partial charge in [-0.15, -0.1) is 0 Å². The first-order chi connectivity index (χ1) is 9.74. The van der Waals surface area contributed by atoms with E-state index in [4.69, 9.17) is 4.74 Å². The normalized spacial score (nSPS) is 10.7. The molecular weight excluding hydrogens is 274 g/mol. The second-order valence-electron chi connectivity index (χ2n) is 5.63. The Bertz CT molecular complexity index is 351. The molecule has 3 amide bonds. The molecule has 122 valence electrons. The van der Waals surface area contributed by atoms with E-state index in [0.717, 1.165) is 6.42 Å². The summed E-state index contributed by atoms with van der Waals surface area (Å²) in [4.78, 5) is 34.0. The Labute approximate surface area is 126 Å². The number of hydrogen-bond donors (Lipinski definition) is 3. The highest BCUT2D eigenvalue weighted by Gasteiger charge is 2.15. The summed E-state index contributed by atoms with van der Waals surface area (Å²) in [6.45, 7) is 8.23. The second kappa shape index (κ2) is 10.0. The zero-order valence-corrected chi connectivity index (χ0v) is 13.4. The van der Waals surface area contributed by atoms with Crippen molar-refractivity contribution in [3.63, 3.8) is 0 Å². The Morgan fingerprint density at radius 1 is 0.857 bits per heavy atom. The van der Waals surface area contributed by atoms with Crippen molar-refractivity contribution < 1.29 is 19.1 Å². The summed E-state index contributed by atoms with van der Waals surface area (Å²) in [5.41, 5.74) is -0.553. The summed E-state index contributed by atoms with van der Waals surface area (Å²) in [5.74, 6) is -0.200. The zero-order chi connectivity index (χ0) is 16.3. The molecule has 0 rings (SSSR count). The van der Waals surface area contributed by atoms with Gasteiger partial charge >= 0.3 is 6.09 Å². The molecule has 0 fully saturated rings. The van der Waals surface area contributed by atoms with E-state index < -0.39 is 11.7 Å². The summed E-state index contributed by atoms with van der Waals surface area (Å²) in [7, 11) is 0. The smallest absolute Gasteiger partial charge is 0.407 e. The lowest BCUT2D eigenvalue weighted by atomic mass is 10.2. The van der Waals surface area contributed by atoms with E-state index in [1.807, 2.05) is 6.92 Å². The van der Waals surface area contributed by atoms with Crippen molar-refractivity contribution in [1.82, 2.24) is 16.0 Å². The van der Waals surface area contributed by atoms with Crippen LogP contribution < -0.4 is 16.0 Å². The standard InChI is InChI=1S/C14H27N3O4/c1-5-6-11(18)15-9-10-16-12(19)7-8-17-13(20)21-14(2,3)4/h5-10H2,1-4H3,(H,15,18)(H,16,19)(H,17,20). The lowest BCUT2D eigenvalue weighted by molar-refractivity contribution is -0.122. The maximum absolute atomic E-state index is 11.5. The predicted octanol–water partition coefficient (Wildman–Crippen LogP) is 0.934. The van der Waals surface area contributed by atoms with Crippen LogP contribution in [0.15, 0.2) is 0 Å². The fraction of sp³-hybridized carbons (Fsp3) is 0.786. The zero-order valence-electron chi connectivity index (χ0n) is 13.4. The van der Waals surface area contributed by atoms with Crippen molar-refractivity contribution in [2.45, 2.75) is 52.6 Å². The first kappa shape index (κ1) is 19.2. The first-order valence-electron chi connectivity index (χ1n) is 7.25. The summed E-state index contributed by atoms with van der Waals surface area (Å²) < 4.78 is 5.04. The Hall–Kier alpha value is -1.79.